The molecule has 2 saturated heterocycles. The quantitative estimate of drug-likeness (QED) is 0.429. The molecule has 8 nitrogen and oxygen atoms in total. The van der Waals surface area contributed by atoms with Crippen molar-refractivity contribution in [2.75, 3.05) is 39.5 Å². The molecule has 1 saturated carbocycles. The van der Waals surface area contributed by atoms with Gasteiger partial charge in [-0.1, -0.05) is 11.3 Å². The Hall–Kier alpha value is -2.31. The van der Waals surface area contributed by atoms with Gasteiger partial charge in [-0.3, -0.25) is 4.79 Å². The zero-order valence-electron chi connectivity index (χ0n) is 21.5. The second-order valence-electron chi connectivity index (χ2n) is 10.8. The lowest BCUT2D eigenvalue weighted by Gasteiger charge is -2.53. The maximum atomic E-state index is 12.7. The molecule has 1 aliphatic carbocycles. The monoisotopic (exact) mass is 554 g/mol. The fraction of sp³-hybridized carbons (Fsp3) is 0.692. The van der Waals surface area contributed by atoms with Gasteiger partial charge < -0.3 is 19.1 Å². The molecule has 0 amide bonds. The smallest absolute Gasteiger partial charge is 0.422 e. The van der Waals surface area contributed by atoms with Crippen LogP contribution in [0.2, 0.25) is 0 Å². The highest BCUT2D eigenvalue weighted by atomic mass is 32.1. The number of fused-ring (bicyclic) bond motifs is 4. The molecule has 3 aliphatic heterocycles. The van der Waals surface area contributed by atoms with Crippen LogP contribution in [0.5, 0.6) is 10.9 Å². The third-order valence-corrected chi connectivity index (χ3v) is 9.03. The topological polar surface area (TPSA) is 86.7 Å². The van der Waals surface area contributed by atoms with E-state index in [1.165, 1.54) is 11.3 Å². The van der Waals surface area contributed by atoms with E-state index in [1.807, 2.05) is 0 Å². The maximum Gasteiger partial charge on any atom is 0.422 e. The summed E-state index contributed by atoms with van der Waals surface area (Å²) in [5.74, 6) is 1.23. The van der Waals surface area contributed by atoms with Crippen LogP contribution in [-0.2, 0) is 22.4 Å². The Labute approximate surface area is 223 Å². The van der Waals surface area contributed by atoms with E-state index in [1.54, 1.807) is 19.3 Å². The summed E-state index contributed by atoms with van der Waals surface area (Å²) in [6, 6.07) is 0. The lowest BCUT2D eigenvalue weighted by Crippen LogP contribution is -2.53. The Balaban J connectivity index is 1.05. The van der Waals surface area contributed by atoms with Crippen molar-refractivity contribution in [3.05, 3.63) is 28.8 Å². The molecule has 2 aromatic rings. The van der Waals surface area contributed by atoms with Gasteiger partial charge in [0.1, 0.15) is 12.4 Å². The molecule has 38 heavy (non-hydrogen) atoms. The van der Waals surface area contributed by atoms with Crippen molar-refractivity contribution in [3.63, 3.8) is 0 Å². The number of aromatic nitrogens is 3. The Bertz CT molecular complexity index is 1070. The Kier molecular flexibility index (Phi) is 7.93. The van der Waals surface area contributed by atoms with Crippen LogP contribution in [0.25, 0.3) is 0 Å². The molecular formula is C26H33F3N4O4S. The minimum absolute atomic E-state index is 0.0184. The zero-order chi connectivity index (χ0) is 26.8. The Morgan fingerprint density at radius 3 is 2.55 bits per heavy atom. The van der Waals surface area contributed by atoms with E-state index in [2.05, 4.69) is 19.9 Å². The number of alkyl halides is 3. The molecule has 4 aliphatic rings. The lowest BCUT2D eigenvalue weighted by molar-refractivity contribution is -0.191. The third-order valence-electron chi connectivity index (χ3n) is 7.96. The molecule has 208 valence electrons. The molecule has 2 aromatic heterocycles. The van der Waals surface area contributed by atoms with Crippen molar-refractivity contribution in [1.82, 2.24) is 19.9 Å². The summed E-state index contributed by atoms with van der Waals surface area (Å²) in [4.78, 5) is 28.5. The van der Waals surface area contributed by atoms with Gasteiger partial charge in [0.15, 0.2) is 18.1 Å². The standard InChI is InChI=1S/C26H33F3N4O4S/c1-18-30-13-20(14-31-18)35-15-19(34)12-24-4-6-25(7-5-24,37-16-24)8-11-33-9-2-21-22(3-10-33)38-23(32-21)36-17-26(27,28)29/h13-14H,2-12,15-17H2,1H3. The number of hydrogen-bond acceptors (Lipinski definition) is 9. The number of thiazole rings is 1. The highest BCUT2D eigenvalue weighted by molar-refractivity contribution is 7.13. The van der Waals surface area contributed by atoms with Gasteiger partial charge in [-0.2, -0.15) is 13.2 Å². The molecule has 3 fully saturated rings. The second kappa shape index (κ2) is 11.1. The van der Waals surface area contributed by atoms with Gasteiger partial charge >= 0.3 is 6.18 Å². The first-order valence-corrected chi connectivity index (χ1v) is 13.9. The fourth-order valence-electron chi connectivity index (χ4n) is 5.65. The summed E-state index contributed by atoms with van der Waals surface area (Å²) < 4.78 is 54.1. The molecule has 5 heterocycles. The maximum absolute atomic E-state index is 12.7. The zero-order valence-corrected chi connectivity index (χ0v) is 22.3. The van der Waals surface area contributed by atoms with Crippen LogP contribution in [0.4, 0.5) is 13.2 Å². The van der Waals surface area contributed by atoms with E-state index < -0.39 is 12.8 Å². The second-order valence-corrected chi connectivity index (χ2v) is 11.8. The average Bonchev–Trinajstić information content (AvgIpc) is 3.19. The van der Waals surface area contributed by atoms with Gasteiger partial charge in [0.25, 0.3) is 5.19 Å². The first-order valence-electron chi connectivity index (χ1n) is 13.1. The molecule has 12 heteroatoms. The third kappa shape index (κ3) is 6.81. The summed E-state index contributed by atoms with van der Waals surface area (Å²) >= 11 is 1.23. The number of aryl methyl sites for hydroxylation is 1. The van der Waals surface area contributed by atoms with Gasteiger partial charge in [-0.05, 0) is 45.4 Å². The predicted molar refractivity (Wildman–Crippen MR) is 134 cm³/mol. The van der Waals surface area contributed by atoms with Gasteiger partial charge in [-0.15, -0.1) is 0 Å². The van der Waals surface area contributed by atoms with Crippen molar-refractivity contribution < 1.29 is 32.2 Å². The number of Topliss-reactive ketones (excluding diaryl/α,β-unsaturated/α-hetero) is 1. The first-order chi connectivity index (χ1) is 18.1. The Morgan fingerprint density at radius 2 is 1.87 bits per heavy atom. The van der Waals surface area contributed by atoms with E-state index in [-0.39, 0.29) is 28.6 Å². The molecule has 0 unspecified atom stereocenters. The van der Waals surface area contributed by atoms with E-state index in [4.69, 9.17) is 14.2 Å². The summed E-state index contributed by atoms with van der Waals surface area (Å²) in [5.41, 5.74) is 0.627. The minimum atomic E-state index is -4.36. The van der Waals surface area contributed by atoms with E-state index in [0.29, 0.717) is 31.0 Å². The summed E-state index contributed by atoms with van der Waals surface area (Å²) in [6.45, 7) is 3.68. The molecule has 0 atom stereocenters. The fourth-order valence-corrected chi connectivity index (χ4v) is 6.59. The Morgan fingerprint density at radius 1 is 1.13 bits per heavy atom. The molecule has 2 bridgehead atoms. The van der Waals surface area contributed by atoms with E-state index in [0.717, 1.165) is 68.7 Å². The van der Waals surface area contributed by atoms with Crippen molar-refractivity contribution >= 4 is 17.1 Å². The number of ether oxygens (including phenoxy) is 3. The number of rotatable bonds is 10. The van der Waals surface area contributed by atoms with Crippen molar-refractivity contribution in [1.29, 1.82) is 0 Å². The summed E-state index contributed by atoms with van der Waals surface area (Å²) in [5, 5.41) is 0.107. The van der Waals surface area contributed by atoms with E-state index >= 15 is 0 Å². The van der Waals surface area contributed by atoms with Crippen molar-refractivity contribution in [2.24, 2.45) is 5.41 Å². The van der Waals surface area contributed by atoms with Gasteiger partial charge in [0.05, 0.1) is 30.3 Å². The minimum Gasteiger partial charge on any atom is -0.483 e. The van der Waals surface area contributed by atoms with Crippen molar-refractivity contribution in [3.8, 4) is 10.9 Å². The highest BCUT2D eigenvalue weighted by Gasteiger charge is 2.50. The number of carbonyl (C=O) groups excluding carboxylic acids is 1. The van der Waals surface area contributed by atoms with Crippen LogP contribution in [0.1, 0.15) is 54.9 Å². The van der Waals surface area contributed by atoms with Gasteiger partial charge in [0, 0.05) is 42.8 Å². The van der Waals surface area contributed by atoms with Crippen LogP contribution in [-0.4, -0.2) is 76.9 Å². The van der Waals surface area contributed by atoms with Gasteiger partial charge in [-0.25, -0.2) is 15.0 Å². The average molecular weight is 555 g/mol. The van der Waals surface area contributed by atoms with E-state index in [9.17, 15) is 18.0 Å². The summed E-state index contributed by atoms with van der Waals surface area (Å²) in [7, 11) is 0. The summed E-state index contributed by atoms with van der Waals surface area (Å²) in [6.07, 6.45) is 5.54. The molecule has 0 aromatic carbocycles. The van der Waals surface area contributed by atoms with Crippen LogP contribution < -0.4 is 9.47 Å². The number of carbonyl (C=O) groups is 1. The molecule has 0 N–H and O–H groups in total. The first kappa shape index (κ1) is 27.3. The largest absolute Gasteiger partial charge is 0.483 e. The van der Waals surface area contributed by atoms with Crippen LogP contribution in [0.3, 0.4) is 0 Å². The van der Waals surface area contributed by atoms with Crippen LogP contribution >= 0.6 is 11.3 Å². The molecule has 0 spiro atoms. The number of nitrogens with zero attached hydrogens (tertiary/aromatic N) is 4. The molecule has 6 rings (SSSR count). The molecular weight excluding hydrogens is 521 g/mol. The van der Waals surface area contributed by atoms with Crippen molar-refractivity contribution in [2.45, 2.75) is 70.1 Å². The predicted octanol–water partition coefficient (Wildman–Crippen LogP) is 4.34. The van der Waals surface area contributed by atoms with Crippen LogP contribution in [0, 0.1) is 12.3 Å². The SMILES string of the molecule is Cc1ncc(OCC(=O)CC23CCC(CCN4CCc5nc(OCC(F)(F)F)sc5CC4)(CC2)OC3)cn1. The highest BCUT2D eigenvalue weighted by Crippen LogP contribution is 2.52. The normalized spacial score (nSPS) is 25.6. The van der Waals surface area contributed by atoms with Gasteiger partial charge in [0.2, 0.25) is 0 Å². The van der Waals surface area contributed by atoms with Crippen LogP contribution in [0.15, 0.2) is 12.4 Å². The lowest BCUT2D eigenvalue weighted by atomic mass is 9.63. The number of hydrogen-bond donors (Lipinski definition) is 0. The molecule has 0 radical (unpaired) electrons. The number of ketones is 1. The number of halogens is 3.